The number of nitrogens with zero attached hydrogens (tertiary/aromatic N) is 4. The fraction of sp³-hybridized carbons (Fsp3) is 0.393. The number of hydrogen-bond donors (Lipinski definition) is 2. The fourth-order valence-corrected chi connectivity index (χ4v) is 9.34. The Bertz CT molecular complexity index is 1340. The summed E-state index contributed by atoms with van der Waals surface area (Å²) in [5.41, 5.74) is 1.60. The van der Waals surface area contributed by atoms with Crippen LogP contribution in [0.25, 0.3) is 0 Å². The summed E-state index contributed by atoms with van der Waals surface area (Å²) in [5, 5.41) is 19.1. The van der Waals surface area contributed by atoms with E-state index in [-0.39, 0.29) is 23.5 Å². The molecule has 2 aromatic carbocycles. The number of anilines is 1. The van der Waals surface area contributed by atoms with E-state index in [0.29, 0.717) is 25.2 Å². The number of aliphatic hydroxyl groups is 1. The summed E-state index contributed by atoms with van der Waals surface area (Å²) in [6, 6.07) is 15.3. The molecule has 1 aromatic heterocycles. The summed E-state index contributed by atoms with van der Waals surface area (Å²) in [5.74, 6) is -0.314. The molecule has 1 amide bonds. The van der Waals surface area contributed by atoms with Gasteiger partial charge in [0.2, 0.25) is 0 Å². The van der Waals surface area contributed by atoms with Crippen LogP contribution in [-0.2, 0) is 21.7 Å². The number of carbonyl (C=O) groups excluding carboxylic acids is 1. The van der Waals surface area contributed by atoms with E-state index in [1.54, 1.807) is 21.9 Å². The van der Waals surface area contributed by atoms with Crippen molar-refractivity contribution in [1.29, 1.82) is 0 Å². The van der Waals surface area contributed by atoms with E-state index >= 15 is 0 Å². The van der Waals surface area contributed by atoms with Gasteiger partial charge < -0.3 is 19.5 Å². The molecule has 5 rings (SSSR count). The van der Waals surface area contributed by atoms with Gasteiger partial charge in [0.05, 0.1) is 18.0 Å². The van der Waals surface area contributed by atoms with Crippen molar-refractivity contribution in [1.82, 2.24) is 15.0 Å². The molecule has 0 saturated carbocycles. The summed E-state index contributed by atoms with van der Waals surface area (Å²) < 4.78 is 9.53. The average Bonchev–Trinajstić information content (AvgIpc) is 3.54. The highest BCUT2D eigenvalue weighted by molar-refractivity contribution is 14.1. The lowest BCUT2D eigenvalue weighted by molar-refractivity contribution is -0.145. The zero-order chi connectivity index (χ0) is 27.2. The second-order valence-corrected chi connectivity index (χ2v) is 16.0. The van der Waals surface area contributed by atoms with Crippen molar-refractivity contribution in [2.75, 3.05) is 11.4 Å². The van der Waals surface area contributed by atoms with E-state index in [1.165, 1.54) is 0 Å². The van der Waals surface area contributed by atoms with Crippen molar-refractivity contribution in [2.24, 2.45) is 5.92 Å². The molecule has 0 radical (unpaired) electrons. The predicted molar refractivity (Wildman–Crippen MR) is 156 cm³/mol. The first-order chi connectivity index (χ1) is 18.1. The average molecular weight is 645 g/mol. The maximum absolute atomic E-state index is 14.0. The monoisotopic (exact) mass is 644 g/mol. The van der Waals surface area contributed by atoms with E-state index in [2.05, 4.69) is 39.5 Å². The predicted octanol–water partition coefficient (Wildman–Crippen LogP) is 4.39. The quantitative estimate of drug-likeness (QED) is 0.215. The molecule has 0 unspecified atom stereocenters. The number of benzene rings is 2. The van der Waals surface area contributed by atoms with Gasteiger partial charge >= 0.3 is 0 Å². The lowest BCUT2D eigenvalue weighted by atomic mass is 9.82. The van der Waals surface area contributed by atoms with Gasteiger partial charge in [-0.3, -0.25) is 9.48 Å². The molecule has 1 saturated heterocycles. The summed E-state index contributed by atoms with van der Waals surface area (Å²) in [4.78, 5) is 27.2. The van der Waals surface area contributed by atoms with Crippen LogP contribution >= 0.6 is 22.6 Å². The molecule has 3 aromatic rings. The Hall–Kier alpha value is -2.38. The minimum Gasteiger partial charge on any atom is -0.432 e. The second-order valence-electron chi connectivity index (χ2n) is 10.7. The molecule has 0 aliphatic carbocycles. The van der Waals surface area contributed by atoms with Crippen molar-refractivity contribution in [3.63, 3.8) is 0 Å². The minimum absolute atomic E-state index is 0.0957. The summed E-state index contributed by atoms with van der Waals surface area (Å²) in [7, 11) is -2.75. The lowest BCUT2D eigenvalue weighted by Crippen LogP contribution is -2.46. The molecule has 5 atom stereocenters. The van der Waals surface area contributed by atoms with Crippen molar-refractivity contribution in [2.45, 2.75) is 56.3 Å². The van der Waals surface area contributed by atoms with Crippen molar-refractivity contribution < 1.29 is 19.4 Å². The Labute approximate surface area is 237 Å². The van der Waals surface area contributed by atoms with Crippen LogP contribution in [0, 0.1) is 9.49 Å². The first-order valence-corrected chi connectivity index (χ1v) is 16.9. The maximum Gasteiger partial charge on any atom is 0.264 e. The molecular formula is C28H33IN4O4Si. The number of ether oxygens (including phenoxy) is 1. The van der Waals surface area contributed by atoms with Gasteiger partial charge in [-0.25, -0.2) is 0 Å². The third-order valence-corrected chi connectivity index (χ3v) is 11.0. The summed E-state index contributed by atoms with van der Waals surface area (Å²) in [6.45, 7) is 10.6. The number of amides is 1. The van der Waals surface area contributed by atoms with Crippen LogP contribution in [0.4, 0.5) is 5.69 Å². The number of rotatable bonds is 8. The third kappa shape index (κ3) is 4.55. The van der Waals surface area contributed by atoms with Gasteiger partial charge in [-0.15, -0.1) is 11.7 Å². The summed E-state index contributed by atoms with van der Waals surface area (Å²) >= 11 is 2.26. The molecule has 2 aliphatic heterocycles. The van der Waals surface area contributed by atoms with Crippen LogP contribution in [0.5, 0.6) is 0 Å². The standard InChI is InChI=1S/C28H33IN4O4Si/c1-5-14-33-23-12-11-20(29)16-21(23)28(27(33)35)18(2)26(38(3,4)36)24(37-28)13-15-32-17-22(30-31-32)25(34)19-9-7-6-8-10-19/h5-12,16-18,24-26,34,36H,1,13-15H2,2-4H3/t18-,24+,25+,26-,28+/m0/s1. The van der Waals surface area contributed by atoms with Gasteiger partial charge in [0.1, 0.15) is 11.8 Å². The molecule has 1 fully saturated rings. The number of fused-ring (bicyclic) bond motifs is 2. The van der Waals surface area contributed by atoms with Crippen LogP contribution in [0.2, 0.25) is 18.6 Å². The topological polar surface area (TPSA) is 101 Å². The molecule has 0 bridgehead atoms. The molecule has 8 nitrogen and oxygen atoms in total. The van der Waals surface area contributed by atoms with Gasteiger partial charge in [-0.1, -0.05) is 48.5 Å². The minimum atomic E-state index is -2.75. The van der Waals surface area contributed by atoms with E-state index in [0.717, 1.165) is 20.4 Å². The Kier molecular flexibility index (Phi) is 7.37. The van der Waals surface area contributed by atoms with Gasteiger partial charge in [-0.2, -0.15) is 0 Å². The first kappa shape index (κ1) is 27.2. The molecule has 1 spiro atoms. The SMILES string of the molecule is C=CCN1C(=O)[C@]2(O[C@H](CCn3cc([C@H](O)c4ccccc4)nn3)[C@@H]([Si](C)(C)O)[C@@H]2C)c2cc(I)ccc21. The Morgan fingerprint density at radius 1 is 1.26 bits per heavy atom. The van der Waals surface area contributed by atoms with Gasteiger partial charge in [0.15, 0.2) is 13.9 Å². The van der Waals surface area contributed by atoms with Crippen molar-refractivity contribution >= 4 is 42.5 Å². The van der Waals surface area contributed by atoms with Crippen LogP contribution in [0.3, 0.4) is 0 Å². The van der Waals surface area contributed by atoms with E-state index in [9.17, 15) is 14.7 Å². The van der Waals surface area contributed by atoms with Crippen LogP contribution < -0.4 is 4.90 Å². The highest BCUT2D eigenvalue weighted by atomic mass is 127. The number of halogens is 1. The molecule has 3 heterocycles. The molecule has 2 aliphatic rings. The van der Waals surface area contributed by atoms with Crippen LogP contribution in [0.15, 0.2) is 67.4 Å². The molecule has 2 N–H and O–H groups in total. The second kappa shape index (κ2) is 10.3. The Balaban J connectivity index is 1.43. The van der Waals surface area contributed by atoms with Gasteiger partial charge in [-0.05, 0) is 65.9 Å². The number of aryl methyl sites for hydroxylation is 1. The maximum atomic E-state index is 14.0. The Morgan fingerprint density at radius 3 is 2.68 bits per heavy atom. The smallest absolute Gasteiger partial charge is 0.264 e. The van der Waals surface area contributed by atoms with E-state index < -0.39 is 20.0 Å². The third-order valence-electron chi connectivity index (χ3n) is 7.85. The number of aromatic nitrogens is 3. The Morgan fingerprint density at radius 2 is 2.00 bits per heavy atom. The number of carbonyl (C=O) groups is 1. The first-order valence-electron chi connectivity index (χ1n) is 12.8. The van der Waals surface area contributed by atoms with E-state index in [4.69, 9.17) is 4.74 Å². The van der Waals surface area contributed by atoms with Crippen molar-refractivity contribution in [3.8, 4) is 0 Å². The molecule has 200 valence electrons. The van der Waals surface area contributed by atoms with Crippen LogP contribution in [-0.4, -0.2) is 51.8 Å². The van der Waals surface area contributed by atoms with Crippen molar-refractivity contribution in [3.05, 3.63) is 87.8 Å². The highest BCUT2D eigenvalue weighted by Gasteiger charge is 2.66. The number of aliphatic hydroxyl groups excluding tert-OH is 1. The molecular weight excluding hydrogens is 611 g/mol. The number of hydrogen-bond acceptors (Lipinski definition) is 6. The largest absolute Gasteiger partial charge is 0.432 e. The van der Waals surface area contributed by atoms with Gasteiger partial charge in [0, 0.05) is 33.7 Å². The van der Waals surface area contributed by atoms with E-state index in [1.807, 2.05) is 68.5 Å². The highest BCUT2D eigenvalue weighted by Crippen LogP contribution is 2.59. The van der Waals surface area contributed by atoms with Crippen LogP contribution in [0.1, 0.15) is 36.3 Å². The molecule has 38 heavy (non-hydrogen) atoms. The normalized spacial score (nSPS) is 25.7. The lowest BCUT2D eigenvalue weighted by Gasteiger charge is -2.32. The molecule has 10 heteroatoms. The van der Waals surface area contributed by atoms with Gasteiger partial charge in [0.25, 0.3) is 5.91 Å². The summed E-state index contributed by atoms with van der Waals surface area (Å²) in [6.07, 6.45) is 2.81. The zero-order valence-electron chi connectivity index (χ0n) is 21.8. The zero-order valence-corrected chi connectivity index (χ0v) is 24.9. The fourth-order valence-electron chi connectivity index (χ4n) is 6.24.